The largest absolute Gasteiger partial charge is 0.338 e. The second-order valence-electron chi connectivity index (χ2n) is 5.59. The predicted molar refractivity (Wildman–Crippen MR) is 82.8 cm³/mol. The summed E-state index contributed by atoms with van der Waals surface area (Å²) in [6.07, 6.45) is 3.27. The Morgan fingerprint density at radius 1 is 1.29 bits per heavy atom. The summed E-state index contributed by atoms with van der Waals surface area (Å²) in [6.45, 7) is 2.36. The van der Waals surface area contributed by atoms with Crippen LogP contribution in [0.15, 0.2) is 18.3 Å². The number of nitrogens with zero attached hydrogens (tertiary/aromatic N) is 2. The number of aromatic amines is 1. The van der Waals surface area contributed by atoms with Gasteiger partial charge in [-0.25, -0.2) is 18.0 Å². The smallest absolute Gasteiger partial charge is 0.317 e. The van der Waals surface area contributed by atoms with E-state index >= 15 is 0 Å². The van der Waals surface area contributed by atoms with Crippen LogP contribution in [0.25, 0.3) is 0 Å². The molecular weight excluding hydrogens is 321 g/mol. The van der Waals surface area contributed by atoms with Gasteiger partial charge in [0, 0.05) is 25.8 Å². The van der Waals surface area contributed by atoms with Crippen LogP contribution in [0.1, 0.15) is 23.2 Å². The summed E-state index contributed by atoms with van der Waals surface area (Å²) in [4.78, 5) is 13.2. The van der Waals surface area contributed by atoms with E-state index in [0.717, 1.165) is 36.2 Å². The maximum Gasteiger partial charge on any atom is 0.317 e. The molecule has 0 saturated heterocycles. The third-order valence-corrected chi connectivity index (χ3v) is 3.64. The van der Waals surface area contributed by atoms with E-state index in [0.29, 0.717) is 6.54 Å². The molecule has 1 heterocycles. The number of H-pyrrole nitrogens is 1. The molecule has 0 spiro atoms. The molecular formula is C16H19F3N4O. The molecule has 0 bridgehead atoms. The fourth-order valence-electron chi connectivity index (χ4n) is 2.28. The predicted octanol–water partition coefficient (Wildman–Crippen LogP) is 2.91. The summed E-state index contributed by atoms with van der Waals surface area (Å²) in [7, 11) is 1.49. The Kier molecular flexibility index (Phi) is 5.83. The van der Waals surface area contributed by atoms with Gasteiger partial charge in [0.2, 0.25) is 0 Å². The number of halogens is 3. The number of urea groups is 1. The van der Waals surface area contributed by atoms with Crippen molar-refractivity contribution < 1.29 is 18.0 Å². The highest BCUT2D eigenvalue weighted by Gasteiger charge is 2.14. The molecule has 0 atom stereocenters. The number of amides is 2. The normalized spacial score (nSPS) is 10.7. The summed E-state index contributed by atoms with van der Waals surface area (Å²) in [5.41, 5.74) is 2.27. The molecule has 0 unspecified atom stereocenters. The lowest BCUT2D eigenvalue weighted by Crippen LogP contribution is -2.37. The van der Waals surface area contributed by atoms with Crippen molar-refractivity contribution in [3.05, 3.63) is 52.6 Å². The first-order valence-electron chi connectivity index (χ1n) is 7.49. The van der Waals surface area contributed by atoms with Gasteiger partial charge in [-0.15, -0.1) is 0 Å². The minimum absolute atomic E-state index is 0.0270. The van der Waals surface area contributed by atoms with Gasteiger partial charge in [0.25, 0.3) is 0 Å². The first-order chi connectivity index (χ1) is 11.4. The highest BCUT2D eigenvalue weighted by Crippen LogP contribution is 2.14. The van der Waals surface area contributed by atoms with E-state index in [4.69, 9.17) is 0 Å². The van der Waals surface area contributed by atoms with Crippen molar-refractivity contribution >= 4 is 6.03 Å². The molecule has 5 nitrogen and oxygen atoms in total. The molecule has 0 aliphatic rings. The number of carbonyl (C=O) groups excluding carboxylic acids is 1. The van der Waals surface area contributed by atoms with Crippen molar-refractivity contribution in [3.8, 4) is 0 Å². The van der Waals surface area contributed by atoms with Gasteiger partial charge < -0.3 is 10.2 Å². The Balaban J connectivity index is 1.79. The van der Waals surface area contributed by atoms with Crippen LogP contribution in [-0.4, -0.2) is 34.7 Å². The van der Waals surface area contributed by atoms with E-state index in [9.17, 15) is 18.0 Å². The average molecular weight is 340 g/mol. The first-order valence-corrected chi connectivity index (χ1v) is 7.49. The fourth-order valence-corrected chi connectivity index (χ4v) is 2.28. The Morgan fingerprint density at radius 2 is 1.96 bits per heavy atom. The molecule has 1 aromatic carbocycles. The van der Waals surface area contributed by atoms with E-state index in [2.05, 4.69) is 15.5 Å². The van der Waals surface area contributed by atoms with E-state index in [1.54, 1.807) is 6.20 Å². The maximum absolute atomic E-state index is 13.2. The molecule has 2 amide bonds. The van der Waals surface area contributed by atoms with E-state index in [1.165, 1.54) is 11.9 Å². The van der Waals surface area contributed by atoms with E-state index < -0.39 is 17.5 Å². The standard InChI is InChI=1S/C16H19F3N4O/c1-10-12(8-21-22-10)4-3-5-20-16(24)23(2)9-11-6-13(17)15(19)14(18)7-11/h6-8H,3-5,9H2,1-2H3,(H,20,24)(H,21,22). The molecule has 130 valence electrons. The molecule has 2 aromatic rings. The summed E-state index contributed by atoms with van der Waals surface area (Å²) in [5, 5.41) is 9.49. The van der Waals surface area contributed by atoms with Gasteiger partial charge in [0.1, 0.15) is 0 Å². The Morgan fingerprint density at radius 3 is 2.54 bits per heavy atom. The van der Waals surface area contributed by atoms with Gasteiger partial charge in [0.05, 0.1) is 6.20 Å². The fraction of sp³-hybridized carbons (Fsp3) is 0.375. The molecule has 0 aliphatic carbocycles. The van der Waals surface area contributed by atoms with Crippen molar-refractivity contribution in [3.63, 3.8) is 0 Å². The number of aryl methyl sites for hydroxylation is 2. The zero-order chi connectivity index (χ0) is 17.7. The zero-order valence-electron chi connectivity index (χ0n) is 13.5. The molecule has 24 heavy (non-hydrogen) atoms. The van der Waals surface area contributed by atoms with Crippen molar-refractivity contribution in [2.45, 2.75) is 26.3 Å². The highest BCUT2D eigenvalue weighted by atomic mass is 19.2. The molecule has 0 aliphatic heterocycles. The van der Waals surface area contributed by atoms with Gasteiger partial charge in [-0.1, -0.05) is 0 Å². The van der Waals surface area contributed by atoms with Crippen LogP contribution in [0.2, 0.25) is 0 Å². The van der Waals surface area contributed by atoms with Crippen molar-refractivity contribution in [1.82, 2.24) is 20.4 Å². The van der Waals surface area contributed by atoms with Crippen LogP contribution in [-0.2, 0) is 13.0 Å². The first kappa shape index (κ1) is 17.8. The molecule has 1 aromatic heterocycles. The number of aromatic nitrogens is 2. The maximum atomic E-state index is 13.2. The Hall–Kier alpha value is -2.51. The third-order valence-electron chi connectivity index (χ3n) is 3.64. The van der Waals surface area contributed by atoms with Crippen LogP contribution >= 0.6 is 0 Å². The summed E-state index contributed by atoms with van der Waals surface area (Å²) >= 11 is 0. The second kappa shape index (κ2) is 7.85. The molecule has 8 heteroatoms. The number of hydrogen-bond donors (Lipinski definition) is 2. The summed E-state index contributed by atoms with van der Waals surface area (Å²) in [5.74, 6) is -4.05. The highest BCUT2D eigenvalue weighted by molar-refractivity contribution is 5.73. The van der Waals surface area contributed by atoms with Crippen LogP contribution in [0.5, 0.6) is 0 Å². The second-order valence-corrected chi connectivity index (χ2v) is 5.59. The minimum atomic E-state index is -1.51. The SMILES string of the molecule is Cc1[nH]ncc1CCCNC(=O)N(C)Cc1cc(F)c(F)c(F)c1. The number of nitrogens with one attached hydrogen (secondary N) is 2. The monoisotopic (exact) mass is 340 g/mol. The van der Waals surface area contributed by atoms with Gasteiger partial charge in [-0.2, -0.15) is 5.10 Å². The van der Waals surface area contributed by atoms with Crippen LogP contribution in [0.4, 0.5) is 18.0 Å². The van der Waals surface area contributed by atoms with Crippen molar-refractivity contribution in [2.75, 3.05) is 13.6 Å². The summed E-state index contributed by atoms with van der Waals surface area (Å²) < 4.78 is 39.2. The average Bonchev–Trinajstić information content (AvgIpc) is 2.94. The minimum Gasteiger partial charge on any atom is -0.338 e. The number of hydrogen-bond acceptors (Lipinski definition) is 2. The quantitative estimate of drug-likeness (QED) is 0.627. The Labute approximate surface area is 137 Å². The molecule has 0 radical (unpaired) electrons. The van der Waals surface area contributed by atoms with Gasteiger partial charge in [-0.05, 0) is 43.0 Å². The van der Waals surface area contributed by atoms with Gasteiger partial charge >= 0.3 is 6.03 Å². The zero-order valence-corrected chi connectivity index (χ0v) is 13.5. The van der Waals surface area contributed by atoms with E-state index in [-0.39, 0.29) is 18.1 Å². The lowest BCUT2D eigenvalue weighted by Gasteiger charge is -2.18. The third kappa shape index (κ3) is 4.50. The number of benzene rings is 1. The molecule has 2 N–H and O–H groups in total. The lowest BCUT2D eigenvalue weighted by atomic mass is 10.1. The molecule has 0 fully saturated rings. The van der Waals surface area contributed by atoms with Crippen LogP contribution in [0.3, 0.4) is 0 Å². The summed E-state index contributed by atoms with van der Waals surface area (Å²) in [6, 6.07) is 1.39. The van der Waals surface area contributed by atoms with E-state index in [1.807, 2.05) is 6.92 Å². The van der Waals surface area contributed by atoms with Crippen molar-refractivity contribution in [1.29, 1.82) is 0 Å². The van der Waals surface area contributed by atoms with Crippen LogP contribution in [0, 0.1) is 24.4 Å². The van der Waals surface area contributed by atoms with Gasteiger partial charge in [-0.3, -0.25) is 5.10 Å². The molecule has 0 saturated carbocycles. The van der Waals surface area contributed by atoms with Gasteiger partial charge in [0.15, 0.2) is 17.5 Å². The van der Waals surface area contributed by atoms with Crippen molar-refractivity contribution in [2.24, 2.45) is 0 Å². The lowest BCUT2D eigenvalue weighted by molar-refractivity contribution is 0.206. The topological polar surface area (TPSA) is 61.0 Å². The van der Waals surface area contributed by atoms with Crippen LogP contribution < -0.4 is 5.32 Å². The number of carbonyl (C=O) groups is 1. The molecule has 2 rings (SSSR count). The number of rotatable bonds is 6. The Bertz CT molecular complexity index is 694.